The van der Waals surface area contributed by atoms with Gasteiger partial charge in [-0.2, -0.15) is 0 Å². The van der Waals surface area contributed by atoms with Crippen LogP contribution in [0.4, 0.5) is 0 Å². The fourth-order valence-electron chi connectivity index (χ4n) is 11.5. The van der Waals surface area contributed by atoms with Crippen molar-refractivity contribution in [1.82, 2.24) is 9.13 Å². The molecule has 0 fully saturated rings. The number of hydrogen-bond acceptors (Lipinski definition) is 0. The lowest BCUT2D eigenvalue weighted by Crippen LogP contribution is -2.75. The molecule has 3 heteroatoms. The number of aromatic nitrogens is 2. The average Bonchev–Trinajstić information content (AvgIpc) is 3.86. The number of nitrogens with zero attached hydrogens (tertiary/aromatic N) is 2. The van der Waals surface area contributed by atoms with Crippen molar-refractivity contribution in [3.8, 4) is 22.5 Å². The first-order valence-corrected chi connectivity index (χ1v) is 25.2. The maximum atomic E-state index is 2.63. The fourth-order valence-corrected chi connectivity index (χ4v) is 16.3. The topological polar surface area (TPSA) is 9.86 Å². The normalized spacial score (nSPS) is 14.6. The van der Waals surface area contributed by atoms with Crippen LogP contribution in [-0.4, -0.2) is 17.2 Å². The van der Waals surface area contributed by atoms with Gasteiger partial charge in [0, 0.05) is 32.9 Å². The van der Waals surface area contributed by atoms with Crippen LogP contribution < -0.4 is 20.7 Å². The van der Waals surface area contributed by atoms with Crippen LogP contribution >= 0.6 is 0 Å². The van der Waals surface area contributed by atoms with Crippen molar-refractivity contribution in [3.05, 3.63) is 230 Å². The van der Waals surface area contributed by atoms with Crippen LogP contribution in [0, 0.1) is 0 Å². The molecule has 0 bridgehead atoms. The monoisotopic (exact) mass is 852 g/mol. The molecule has 0 amide bonds. The summed E-state index contributed by atoms with van der Waals surface area (Å²) in [6, 6.07) is 82.5. The van der Waals surface area contributed by atoms with Gasteiger partial charge in [-0.15, -0.1) is 0 Å². The molecule has 12 rings (SSSR count). The van der Waals surface area contributed by atoms with Gasteiger partial charge in [0.1, 0.15) is 0 Å². The van der Waals surface area contributed by atoms with Crippen LogP contribution in [-0.2, 0) is 10.8 Å². The predicted molar refractivity (Wildman–Crippen MR) is 279 cm³/mol. The van der Waals surface area contributed by atoms with Crippen molar-refractivity contribution in [2.45, 2.75) is 51.4 Å². The molecular formula is C62H52N2Si. The first kappa shape index (κ1) is 39.4. The molecule has 2 nitrogen and oxygen atoms in total. The Morgan fingerprint density at radius 2 is 0.800 bits per heavy atom. The molecule has 0 unspecified atom stereocenters. The highest BCUT2D eigenvalue weighted by Gasteiger charge is 2.44. The summed E-state index contributed by atoms with van der Waals surface area (Å²) in [5.74, 6) is 0. The van der Waals surface area contributed by atoms with E-state index in [1.54, 1.807) is 0 Å². The van der Waals surface area contributed by atoms with Gasteiger partial charge in [0.2, 0.25) is 0 Å². The van der Waals surface area contributed by atoms with Crippen LogP contribution in [0.15, 0.2) is 218 Å². The number of rotatable bonds is 7. The van der Waals surface area contributed by atoms with Gasteiger partial charge in [-0.1, -0.05) is 191 Å². The van der Waals surface area contributed by atoms with Crippen molar-refractivity contribution in [1.29, 1.82) is 0 Å². The van der Waals surface area contributed by atoms with Gasteiger partial charge >= 0.3 is 0 Å². The Hall–Kier alpha value is -7.20. The van der Waals surface area contributed by atoms with Crippen molar-refractivity contribution >= 4 is 72.4 Å². The van der Waals surface area contributed by atoms with Crippen LogP contribution in [0.1, 0.15) is 51.7 Å². The molecule has 65 heavy (non-hydrogen) atoms. The molecule has 0 saturated carbocycles. The molecular weight excluding hydrogens is 801 g/mol. The van der Waals surface area contributed by atoms with Crippen molar-refractivity contribution in [3.63, 3.8) is 0 Å². The Labute approximate surface area is 383 Å². The Morgan fingerprint density at radius 3 is 1.48 bits per heavy atom. The summed E-state index contributed by atoms with van der Waals surface area (Å²) < 4.78 is 4.91. The third kappa shape index (κ3) is 6.13. The summed E-state index contributed by atoms with van der Waals surface area (Å²) in [6.07, 6.45) is 2.38. The van der Waals surface area contributed by atoms with E-state index in [0.29, 0.717) is 0 Å². The Morgan fingerprint density at radius 1 is 0.323 bits per heavy atom. The van der Waals surface area contributed by atoms with E-state index in [1.165, 1.54) is 111 Å². The lowest BCUT2D eigenvalue weighted by molar-refractivity contribution is 0.332. The van der Waals surface area contributed by atoms with Gasteiger partial charge in [0.05, 0.1) is 22.1 Å². The lowest BCUT2D eigenvalue weighted by Gasteiger charge is -2.43. The summed E-state index contributed by atoms with van der Waals surface area (Å²) in [6.45, 7) is 9.77. The van der Waals surface area contributed by atoms with E-state index < -0.39 is 8.07 Å². The van der Waals surface area contributed by atoms with Crippen molar-refractivity contribution in [2.75, 3.05) is 0 Å². The molecule has 9 aromatic carbocycles. The van der Waals surface area contributed by atoms with E-state index in [2.05, 4.69) is 255 Å². The minimum atomic E-state index is -2.88. The van der Waals surface area contributed by atoms with Gasteiger partial charge in [-0.05, 0) is 121 Å². The second-order valence-corrected chi connectivity index (χ2v) is 23.4. The zero-order valence-electron chi connectivity index (χ0n) is 37.6. The minimum Gasteiger partial charge on any atom is -0.309 e. The van der Waals surface area contributed by atoms with E-state index in [4.69, 9.17) is 0 Å². The van der Waals surface area contributed by atoms with Gasteiger partial charge in [0.15, 0.2) is 8.07 Å². The molecule has 2 heterocycles. The summed E-state index contributed by atoms with van der Waals surface area (Å²) in [4.78, 5) is 0. The quantitative estimate of drug-likeness (QED) is 0.112. The molecule has 0 aliphatic heterocycles. The average molecular weight is 853 g/mol. The maximum absolute atomic E-state index is 2.88. The van der Waals surface area contributed by atoms with E-state index >= 15 is 0 Å². The van der Waals surface area contributed by atoms with Gasteiger partial charge in [0.25, 0.3) is 0 Å². The highest BCUT2D eigenvalue weighted by molar-refractivity contribution is 7.20. The zero-order valence-corrected chi connectivity index (χ0v) is 38.6. The summed E-state index contributed by atoms with van der Waals surface area (Å²) in [7, 11) is -2.88. The third-order valence-corrected chi connectivity index (χ3v) is 19.7. The van der Waals surface area contributed by atoms with Crippen LogP contribution in [0.3, 0.4) is 0 Å². The summed E-state index contributed by atoms with van der Waals surface area (Å²) >= 11 is 0. The highest BCUT2D eigenvalue weighted by atomic mass is 28.3. The molecule has 1 aliphatic rings. The standard InChI is InChI=1S/C62H52N2Si/c1-61(2)37-38-62(3,4)56-42-50(33-35-55(56)61)65(47-22-10-6-11-23-47,48-24-12-7-13-25-48)49-26-18-21-46(41-49)64-58-30-17-15-28-52(58)54-39-43(32-36-59(54)64)44-31-34-53-51-27-14-16-29-57(51)63(60(53)40-44)45-19-8-5-9-20-45/h5-36,39-42H,37-38H2,1-4H3. The molecule has 0 N–H and O–H groups in total. The molecule has 1 aliphatic carbocycles. The Bertz CT molecular complexity index is 3550. The molecule has 0 saturated heterocycles. The molecule has 314 valence electrons. The second kappa shape index (κ2) is 14.9. The first-order chi connectivity index (χ1) is 31.7. The predicted octanol–water partition coefficient (Wildman–Crippen LogP) is 13.3. The van der Waals surface area contributed by atoms with Gasteiger partial charge in [-0.3, -0.25) is 0 Å². The number of fused-ring (bicyclic) bond motifs is 7. The SMILES string of the molecule is CC1(C)CCC(C)(C)c2cc([Si](c3ccccc3)(c3ccccc3)c3cccc(-n4c5ccccc5c5cc(-c6ccc7c8ccccc8n(-c8ccccc8)c7c6)ccc54)c3)ccc21. The first-order valence-electron chi connectivity index (χ1n) is 23.2. The number of para-hydroxylation sites is 3. The van der Waals surface area contributed by atoms with E-state index in [-0.39, 0.29) is 10.8 Å². The van der Waals surface area contributed by atoms with Gasteiger partial charge in [-0.25, -0.2) is 0 Å². The second-order valence-electron chi connectivity index (χ2n) is 19.6. The van der Waals surface area contributed by atoms with Crippen LogP contribution in [0.5, 0.6) is 0 Å². The number of benzene rings is 9. The zero-order chi connectivity index (χ0) is 43.9. The Kier molecular flexibility index (Phi) is 9.05. The molecule has 2 aromatic heterocycles. The lowest BCUT2D eigenvalue weighted by atomic mass is 9.63. The largest absolute Gasteiger partial charge is 0.309 e. The fraction of sp³-hybridized carbons (Fsp3) is 0.129. The van der Waals surface area contributed by atoms with Crippen LogP contribution in [0.25, 0.3) is 66.1 Å². The van der Waals surface area contributed by atoms with Crippen molar-refractivity contribution in [2.24, 2.45) is 0 Å². The third-order valence-electron chi connectivity index (χ3n) is 14.9. The summed E-state index contributed by atoms with van der Waals surface area (Å²) in [5, 5.41) is 10.6. The highest BCUT2D eigenvalue weighted by Crippen LogP contribution is 2.45. The Balaban J connectivity index is 1.06. The van der Waals surface area contributed by atoms with E-state index in [1.807, 2.05) is 0 Å². The smallest absolute Gasteiger partial charge is 0.179 e. The molecule has 0 spiro atoms. The maximum Gasteiger partial charge on any atom is 0.179 e. The number of hydrogen-bond donors (Lipinski definition) is 0. The van der Waals surface area contributed by atoms with Crippen LogP contribution in [0.2, 0.25) is 0 Å². The molecule has 0 radical (unpaired) electrons. The van der Waals surface area contributed by atoms with E-state index in [9.17, 15) is 0 Å². The van der Waals surface area contributed by atoms with E-state index in [0.717, 1.165) is 0 Å². The van der Waals surface area contributed by atoms with Gasteiger partial charge < -0.3 is 9.13 Å². The minimum absolute atomic E-state index is 0.0874. The van der Waals surface area contributed by atoms with Crippen molar-refractivity contribution < 1.29 is 0 Å². The summed E-state index contributed by atoms with van der Waals surface area (Å²) in [5.41, 5.74) is 12.8. The molecule has 11 aromatic rings. The molecule has 0 atom stereocenters.